The number of carbonyl (C=O) groups excluding carboxylic acids is 2. The van der Waals surface area contributed by atoms with Crippen molar-refractivity contribution in [3.05, 3.63) is 51.5 Å². The Morgan fingerprint density at radius 1 is 0.967 bits per heavy atom. The Kier molecular flexibility index (Phi) is 6.49. The van der Waals surface area contributed by atoms with E-state index < -0.39 is 0 Å². The van der Waals surface area contributed by atoms with Crippen LogP contribution in [0, 0.1) is 19.8 Å². The highest BCUT2D eigenvalue weighted by atomic mass is 32.1. The molecular formula is C23H30N4O2S. The highest BCUT2D eigenvalue weighted by Gasteiger charge is 2.31. The normalized spacial score (nSPS) is 18.6. The molecule has 0 radical (unpaired) electrons. The van der Waals surface area contributed by atoms with Crippen LogP contribution in [0.25, 0.3) is 0 Å². The van der Waals surface area contributed by atoms with E-state index in [0.717, 1.165) is 54.3 Å². The van der Waals surface area contributed by atoms with E-state index in [2.05, 4.69) is 15.3 Å². The molecule has 0 aliphatic carbocycles. The van der Waals surface area contributed by atoms with Gasteiger partial charge in [0.15, 0.2) is 0 Å². The Balaban J connectivity index is 1.23. The average molecular weight is 427 g/mol. The zero-order valence-electron chi connectivity index (χ0n) is 17.8. The van der Waals surface area contributed by atoms with E-state index >= 15 is 0 Å². The van der Waals surface area contributed by atoms with Gasteiger partial charge >= 0.3 is 0 Å². The maximum atomic E-state index is 13.0. The molecule has 3 heterocycles. The summed E-state index contributed by atoms with van der Waals surface area (Å²) in [5.74, 6) is 0.437. The second-order valence-electron chi connectivity index (χ2n) is 8.39. The van der Waals surface area contributed by atoms with E-state index in [-0.39, 0.29) is 17.7 Å². The molecule has 1 aromatic heterocycles. The number of piperidine rings is 1. The van der Waals surface area contributed by atoms with Gasteiger partial charge in [0.05, 0.1) is 10.7 Å². The first-order valence-corrected chi connectivity index (χ1v) is 11.7. The third kappa shape index (κ3) is 4.90. The Morgan fingerprint density at radius 3 is 2.20 bits per heavy atom. The quantitative estimate of drug-likeness (QED) is 0.754. The third-order valence-corrected chi connectivity index (χ3v) is 6.99. The largest absolute Gasteiger partial charge is 0.339 e. The molecule has 2 amide bonds. The molecule has 0 N–H and O–H groups in total. The van der Waals surface area contributed by atoms with Gasteiger partial charge in [-0.3, -0.25) is 14.5 Å². The van der Waals surface area contributed by atoms with Crippen LogP contribution in [-0.2, 0) is 11.3 Å². The number of piperazine rings is 1. The highest BCUT2D eigenvalue weighted by molar-refractivity contribution is 7.09. The molecule has 6 nitrogen and oxygen atoms in total. The SMILES string of the molecule is Cc1ccc(C(=O)N2CCN(C(=O)C3CCN(Cc4csc(C)n4)CC3)CC2)cc1. The summed E-state index contributed by atoms with van der Waals surface area (Å²) in [7, 11) is 0. The molecule has 7 heteroatoms. The van der Waals surface area contributed by atoms with Crippen molar-refractivity contribution in [3.8, 4) is 0 Å². The number of rotatable bonds is 4. The molecule has 4 rings (SSSR count). The molecule has 30 heavy (non-hydrogen) atoms. The summed E-state index contributed by atoms with van der Waals surface area (Å²) >= 11 is 1.69. The van der Waals surface area contributed by atoms with Gasteiger partial charge < -0.3 is 9.80 Å². The van der Waals surface area contributed by atoms with Crippen molar-refractivity contribution in [2.24, 2.45) is 5.92 Å². The van der Waals surface area contributed by atoms with Crippen LogP contribution in [-0.4, -0.2) is 70.8 Å². The van der Waals surface area contributed by atoms with Crippen LogP contribution < -0.4 is 0 Å². The minimum absolute atomic E-state index is 0.0627. The van der Waals surface area contributed by atoms with Crippen molar-refractivity contribution in [2.75, 3.05) is 39.3 Å². The minimum Gasteiger partial charge on any atom is -0.339 e. The number of carbonyl (C=O) groups is 2. The van der Waals surface area contributed by atoms with Crippen molar-refractivity contribution in [1.29, 1.82) is 0 Å². The number of amides is 2. The summed E-state index contributed by atoms with van der Waals surface area (Å²) < 4.78 is 0. The van der Waals surface area contributed by atoms with Crippen LogP contribution in [0.1, 0.15) is 39.5 Å². The number of hydrogen-bond acceptors (Lipinski definition) is 5. The molecule has 0 saturated carbocycles. The summed E-state index contributed by atoms with van der Waals surface area (Å²) in [6, 6.07) is 7.70. The molecule has 1 aromatic carbocycles. The Hall–Kier alpha value is -2.25. The van der Waals surface area contributed by atoms with Gasteiger partial charge in [-0.15, -0.1) is 11.3 Å². The molecule has 2 aliphatic rings. The molecule has 0 atom stereocenters. The molecule has 0 bridgehead atoms. The van der Waals surface area contributed by atoms with Gasteiger partial charge in [-0.05, 0) is 51.9 Å². The van der Waals surface area contributed by atoms with Crippen molar-refractivity contribution >= 4 is 23.2 Å². The van der Waals surface area contributed by atoms with E-state index in [9.17, 15) is 9.59 Å². The van der Waals surface area contributed by atoms with Gasteiger partial charge in [0.25, 0.3) is 5.91 Å². The highest BCUT2D eigenvalue weighted by Crippen LogP contribution is 2.22. The van der Waals surface area contributed by atoms with E-state index in [0.29, 0.717) is 26.2 Å². The average Bonchev–Trinajstić information content (AvgIpc) is 3.18. The lowest BCUT2D eigenvalue weighted by Gasteiger charge is -2.38. The molecule has 2 aromatic rings. The van der Waals surface area contributed by atoms with Crippen LogP contribution in [0.15, 0.2) is 29.6 Å². The van der Waals surface area contributed by atoms with Gasteiger partial charge in [0.1, 0.15) is 0 Å². The maximum absolute atomic E-state index is 13.0. The van der Waals surface area contributed by atoms with Gasteiger partial charge in [0, 0.05) is 49.6 Å². The Labute approximate surface area is 182 Å². The van der Waals surface area contributed by atoms with Gasteiger partial charge in [0.2, 0.25) is 5.91 Å². The maximum Gasteiger partial charge on any atom is 0.253 e. The molecule has 160 valence electrons. The lowest BCUT2D eigenvalue weighted by atomic mass is 9.95. The van der Waals surface area contributed by atoms with Crippen LogP contribution in [0.5, 0.6) is 0 Å². The van der Waals surface area contributed by atoms with Gasteiger partial charge in [-0.1, -0.05) is 17.7 Å². The van der Waals surface area contributed by atoms with Gasteiger partial charge in [-0.25, -0.2) is 4.98 Å². The fourth-order valence-corrected chi connectivity index (χ4v) is 4.92. The molecular weight excluding hydrogens is 396 g/mol. The molecule has 2 aliphatic heterocycles. The molecule has 2 fully saturated rings. The van der Waals surface area contributed by atoms with Crippen molar-refractivity contribution in [3.63, 3.8) is 0 Å². The van der Waals surface area contributed by atoms with Crippen molar-refractivity contribution in [2.45, 2.75) is 33.2 Å². The van der Waals surface area contributed by atoms with Crippen LogP contribution >= 0.6 is 11.3 Å². The summed E-state index contributed by atoms with van der Waals surface area (Å²) in [5, 5.41) is 3.24. The summed E-state index contributed by atoms with van der Waals surface area (Å²) in [5.41, 5.74) is 3.01. The third-order valence-electron chi connectivity index (χ3n) is 6.17. The van der Waals surface area contributed by atoms with Crippen LogP contribution in [0.3, 0.4) is 0 Å². The number of likely N-dealkylation sites (tertiary alicyclic amines) is 1. The number of nitrogens with zero attached hydrogens (tertiary/aromatic N) is 4. The number of hydrogen-bond donors (Lipinski definition) is 0. The number of benzene rings is 1. The predicted molar refractivity (Wildman–Crippen MR) is 119 cm³/mol. The van der Waals surface area contributed by atoms with E-state index in [4.69, 9.17) is 0 Å². The van der Waals surface area contributed by atoms with Crippen LogP contribution in [0.2, 0.25) is 0 Å². The zero-order chi connectivity index (χ0) is 21.1. The first-order valence-electron chi connectivity index (χ1n) is 10.8. The Morgan fingerprint density at radius 2 is 1.60 bits per heavy atom. The fourth-order valence-electron chi connectivity index (χ4n) is 4.31. The summed E-state index contributed by atoms with van der Waals surface area (Å²) in [4.78, 5) is 36.5. The number of aromatic nitrogens is 1. The fraction of sp³-hybridized carbons (Fsp3) is 0.522. The van der Waals surface area contributed by atoms with Crippen molar-refractivity contribution < 1.29 is 9.59 Å². The topological polar surface area (TPSA) is 56.8 Å². The first kappa shape index (κ1) is 21.0. The van der Waals surface area contributed by atoms with Gasteiger partial charge in [-0.2, -0.15) is 0 Å². The standard InChI is InChI=1S/C23H30N4O2S/c1-17-3-5-19(6-4-17)22(28)26-11-13-27(14-12-26)23(29)20-7-9-25(10-8-20)15-21-16-30-18(2)24-21/h3-6,16,20H,7-15H2,1-2H3. The van der Waals surface area contributed by atoms with E-state index in [1.54, 1.807) is 11.3 Å². The summed E-state index contributed by atoms with van der Waals surface area (Å²) in [6.07, 6.45) is 1.81. The summed E-state index contributed by atoms with van der Waals surface area (Å²) in [6.45, 7) is 9.31. The number of thiazole rings is 1. The second-order valence-corrected chi connectivity index (χ2v) is 9.45. The van der Waals surface area contributed by atoms with E-state index in [1.165, 1.54) is 0 Å². The number of aryl methyl sites for hydroxylation is 2. The monoisotopic (exact) mass is 426 g/mol. The molecule has 2 saturated heterocycles. The van der Waals surface area contributed by atoms with E-state index in [1.807, 2.05) is 47.9 Å². The lowest BCUT2D eigenvalue weighted by molar-refractivity contribution is -0.138. The second kappa shape index (κ2) is 9.27. The Bertz CT molecular complexity index is 879. The minimum atomic E-state index is 0.0627. The van der Waals surface area contributed by atoms with Crippen LogP contribution in [0.4, 0.5) is 0 Å². The zero-order valence-corrected chi connectivity index (χ0v) is 18.7. The smallest absolute Gasteiger partial charge is 0.253 e. The van der Waals surface area contributed by atoms with Crippen molar-refractivity contribution in [1.82, 2.24) is 19.7 Å². The molecule has 0 unspecified atom stereocenters. The predicted octanol–water partition coefficient (Wildman–Crippen LogP) is 2.96. The first-order chi connectivity index (χ1) is 14.5. The molecule has 0 spiro atoms. The lowest BCUT2D eigenvalue weighted by Crippen LogP contribution is -2.52.